The minimum Gasteiger partial charge on any atom is -0.415 e. The molecule has 0 spiro atoms. The number of carbonyl (C=O) groups is 1. The first kappa shape index (κ1) is 13.3. The molecular weight excluding hydrogens is 256 g/mol. The summed E-state index contributed by atoms with van der Waals surface area (Å²) in [5.74, 6) is 0.728. The molecule has 7 nitrogen and oxygen atoms in total. The van der Waals surface area contributed by atoms with Crippen molar-refractivity contribution in [3.05, 3.63) is 5.89 Å². The van der Waals surface area contributed by atoms with E-state index in [1.165, 1.54) is 11.8 Å². The minimum absolute atomic E-state index is 0.0580. The third-order valence-corrected chi connectivity index (χ3v) is 3.34. The second-order valence-corrected chi connectivity index (χ2v) is 4.90. The van der Waals surface area contributed by atoms with Crippen LogP contribution in [0, 0.1) is 0 Å². The summed E-state index contributed by atoms with van der Waals surface area (Å²) in [4.78, 5) is 13.7. The molecule has 1 aromatic heterocycles. The fourth-order valence-corrected chi connectivity index (χ4v) is 2.32. The van der Waals surface area contributed by atoms with Crippen molar-refractivity contribution in [1.82, 2.24) is 15.1 Å². The monoisotopic (exact) mass is 272 g/mol. The summed E-state index contributed by atoms with van der Waals surface area (Å²) >= 11 is 1.23. The van der Waals surface area contributed by atoms with E-state index >= 15 is 0 Å². The Kier molecular flexibility index (Phi) is 4.56. The highest BCUT2D eigenvalue weighted by atomic mass is 32.2. The van der Waals surface area contributed by atoms with Gasteiger partial charge in [-0.25, -0.2) is 0 Å². The van der Waals surface area contributed by atoms with Crippen LogP contribution in [0.4, 0.5) is 0 Å². The molecular formula is C10H16N4O3S. The van der Waals surface area contributed by atoms with Crippen LogP contribution < -0.4 is 5.73 Å². The largest absolute Gasteiger partial charge is 0.415 e. The lowest BCUT2D eigenvalue weighted by Gasteiger charge is -2.30. The highest BCUT2D eigenvalue weighted by Crippen LogP contribution is 2.17. The summed E-state index contributed by atoms with van der Waals surface area (Å²) in [7, 11) is 0. The van der Waals surface area contributed by atoms with E-state index in [-0.39, 0.29) is 18.6 Å². The first-order valence-electron chi connectivity index (χ1n) is 5.73. The van der Waals surface area contributed by atoms with Crippen molar-refractivity contribution in [2.45, 2.75) is 24.8 Å². The Morgan fingerprint density at radius 1 is 1.61 bits per heavy atom. The van der Waals surface area contributed by atoms with E-state index in [0.717, 1.165) is 0 Å². The van der Waals surface area contributed by atoms with Gasteiger partial charge in [-0.2, -0.15) is 0 Å². The normalized spacial score (nSPS) is 20.1. The molecule has 100 valence electrons. The summed E-state index contributed by atoms with van der Waals surface area (Å²) in [5, 5.41) is 7.90. The van der Waals surface area contributed by atoms with Gasteiger partial charge in [0.15, 0.2) is 0 Å². The van der Waals surface area contributed by atoms with Crippen molar-refractivity contribution >= 4 is 17.7 Å². The summed E-state index contributed by atoms with van der Waals surface area (Å²) in [6.45, 7) is 4.04. The van der Waals surface area contributed by atoms with E-state index in [1.54, 1.807) is 4.90 Å². The average molecular weight is 272 g/mol. The highest BCUT2D eigenvalue weighted by molar-refractivity contribution is 7.99. The lowest BCUT2D eigenvalue weighted by atomic mass is 10.3. The van der Waals surface area contributed by atoms with Gasteiger partial charge in [-0.05, 0) is 6.92 Å². The summed E-state index contributed by atoms with van der Waals surface area (Å²) in [5.41, 5.74) is 5.36. The van der Waals surface area contributed by atoms with Gasteiger partial charge in [-0.3, -0.25) is 4.79 Å². The maximum absolute atomic E-state index is 11.9. The highest BCUT2D eigenvalue weighted by Gasteiger charge is 2.21. The Bertz CT molecular complexity index is 412. The quantitative estimate of drug-likeness (QED) is 0.763. The van der Waals surface area contributed by atoms with E-state index in [1.807, 2.05) is 6.92 Å². The Morgan fingerprint density at radius 3 is 3.11 bits per heavy atom. The smallest absolute Gasteiger partial charge is 0.277 e. The maximum atomic E-state index is 11.9. The summed E-state index contributed by atoms with van der Waals surface area (Å²) in [6.07, 6.45) is 0.0972. The summed E-state index contributed by atoms with van der Waals surface area (Å²) in [6, 6.07) is 0. The Labute approximate surface area is 109 Å². The van der Waals surface area contributed by atoms with Crippen LogP contribution in [0.25, 0.3) is 0 Å². The second-order valence-electron chi connectivity index (χ2n) is 3.98. The Balaban J connectivity index is 1.80. The molecule has 2 rings (SSSR count). The predicted molar refractivity (Wildman–Crippen MR) is 64.9 cm³/mol. The lowest BCUT2D eigenvalue weighted by Crippen LogP contribution is -2.45. The first-order chi connectivity index (χ1) is 8.69. The number of nitrogens with zero attached hydrogens (tertiary/aromatic N) is 3. The fourth-order valence-electron chi connectivity index (χ4n) is 1.64. The van der Waals surface area contributed by atoms with Crippen LogP contribution in [-0.2, 0) is 16.1 Å². The lowest BCUT2D eigenvalue weighted by molar-refractivity contribution is -0.135. The van der Waals surface area contributed by atoms with E-state index in [4.69, 9.17) is 14.9 Å². The zero-order chi connectivity index (χ0) is 13.0. The van der Waals surface area contributed by atoms with Crippen molar-refractivity contribution < 1.29 is 13.9 Å². The van der Waals surface area contributed by atoms with E-state index in [2.05, 4.69) is 10.2 Å². The number of morpholine rings is 1. The molecule has 1 atom stereocenters. The zero-order valence-corrected chi connectivity index (χ0v) is 11.0. The van der Waals surface area contributed by atoms with E-state index < -0.39 is 0 Å². The van der Waals surface area contributed by atoms with Crippen LogP contribution in [0.3, 0.4) is 0 Å². The van der Waals surface area contributed by atoms with Crippen molar-refractivity contribution in [2.24, 2.45) is 5.73 Å². The van der Waals surface area contributed by atoms with Crippen molar-refractivity contribution in [2.75, 3.05) is 25.4 Å². The standard InChI is InChI=1S/C10H16N4O3S/c1-7-5-14(2-3-16-7)9(15)6-18-10-13-12-8(4-11)17-10/h7H,2-6,11H2,1H3. The van der Waals surface area contributed by atoms with Crippen molar-refractivity contribution in [3.63, 3.8) is 0 Å². The number of carbonyl (C=O) groups excluding carboxylic acids is 1. The van der Waals surface area contributed by atoms with Crippen LogP contribution in [-0.4, -0.2) is 52.6 Å². The molecule has 0 aromatic carbocycles. The fraction of sp³-hybridized carbons (Fsp3) is 0.700. The van der Waals surface area contributed by atoms with Crippen LogP contribution in [0.1, 0.15) is 12.8 Å². The molecule has 1 aromatic rings. The number of amides is 1. The van der Waals surface area contributed by atoms with Gasteiger partial charge in [0.2, 0.25) is 11.8 Å². The van der Waals surface area contributed by atoms with Gasteiger partial charge in [0.1, 0.15) is 0 Å². The number of hydrogen-bond donors (Lipinski definition) is 1. The SMILES string of the molecule is CC1CN(C(=O)CSc2nnc(CN)o2)CCO1. The molecule has 1 fully saturated rings. The minimum atomic E-state index is 0.0580. The number of thioether (sulfide) groups is 1. The van der Waals surface area contributed by atoms with Crippen LogP contribution in [0.15, 0.2) is 9.64 Å². The molecule has 0 bridgehead atoms. The predicted octanol–water partition coefficient (Wildman–Crippen LogP) is -0.132. The molecule has 1 aliphatic heterocycles. The third-order valence-electron chi connectivity index (χ3n) is 2.54. The van der Waals surface area contributed by atoms with E-state index in [0.29, 0.717) is 36.6 Å². The topological polar surface area (TPSA) is 94.5 Å². The van der Waals surface area contributed by atoms with Gasteiger partial charge in [0.05, 0.1) is 25.0 Å². The Morgan fingerprint density at radius 2 is 2.44 bits per heavy atom. The maximum Gasteiger partial charge on any atom is 0.277 e. The number of hydrogen-bond acceptors (Lipinski definition) is 7. The molecule has 2 N–H and O–H groups in total. The van der Waals surface area contributed by atoms with Gasteiger partial charge in [0, 0.05) is 13.1 Å². The molecule has 8 heteroatoms. The first-order valence-corrected chi connectivity index (χ1v) is 6.72. The molecule has 1 amide bonds. The molecule has 2 heterocycles. The molecule has 1 aliphatic rings. The Hall–Kier alpha value is -1.12. The second kappa shape index (κ2) is 6.17. The van der Waals surface area contributed by atoms with Gasteiger partial charge in [-0.15, -0.1) is 10.2 Å². The third kappa shape index (κ3) is 3.44. The summed E-state index contributed by atoms with van der Waals surface area (Å²) < 4.78 is 10.6. The average Bonchev–Trinajstić information content (AvgIpc) is 2.84. The number of rotatable bonds is 4. The van der Waals surface area contributed by atoms with Crippen molar-refractivity contribution in [1.29, 1.82) is 0 Å². The number of ether oxygens (including phenoxy) is 1. The van der Waals surface area contributed by atoms with Gasteiger partial charge in [-0.1, -0.05) is 11.8 Å². The molecule has 1 unspecified atom stereocenters. The molecule has 1 saturated heterocycles. The molecule has 0 aliphatic carbocycles. The van der Waals surface area contributed by atoms with Crippen LogP contribution >= 0.6 is 11.8 Å². The number of nitrogens with two attached hydrogens (primary N) is 1. The molecule has 0 saturated carbocycles. The van der Waals surface area contributed by atoms with Gasteiger partial charge >= 0.3 is 0 Å². The molecule has 0 radical (unpaired) electrons. The van der Waals surface area contributed by atoms with E-state index in [9.17, 15) is 4.79 Å². The number of aromatic nitrogens is 2. The molecule has 18 heavy (non-hydrogen) atoms. The van der Waals surface area contributed by atoms with Gasteiger partial charge < -0.3 is 19.8 Å². The van der Waals surface area contributed by atoms with Crippen molar-refractivity contribution in [3.8, 4) is 0 Å². The van der Waals surface area contributed by atoms with Gasteiger partial charge in [0.25, 0.3) is 5.22 Å². The van der Waals surface area contributed by atoms with Crippen LogP contribution in [0.2, 0.25) is 0 Å². The zero-order valence-electron chi connectivity index (χ0n) is 10.2. The van der Waals surface area contributed by atoms with Crippen LogP contribution in [0.5, 0.6) is 0 Å².